The molecule has 6 nitrogen and oxygen atoms in total. The normalized spacial score (nSPS) is 18.4. The van der Waals surface area contributed by atoms with Crippen molar-refractivity contribution >= 4 is 23.1 Å². The van der Waals surface area contributed by atoms with E-state index in [1.54, 1.807) is 11.3 Å². The fourth-order valence-electron chi connectivity index (χ4n) is 2.77. The Morgan fingerprint density at radius 3 is 2.81 bits per heavy atom. The van der Waals surface area contributed by atoms with Crippen molar-refractivity contribution in [2.75, 3.05) is 0 Å². The maximum Gasteiger partial charge on any atom is 0.234 e. The zero-order valence-corrected chi connectivity index (χ0v) is 13.1. The fourth-order valence-corrected chi connectivity index (χ4v) is 3.57. The highest BCUT2D eigenvalue weighted by Gasteiger charge is 2.43. The lowest BCUT2D eigenvalue weighted by Gasteiger charge is -2.34. The minimum absolute atomic E-state index is 0.0214. The third-order valence-corrected chi connectivity index (χ3v) is 5.23. The molecule has 1 fully saturated rings. The molecular weight excluding hydrogens is 288 g/mol. The molecule has 0 atom stereocenters. The van der Waals surface area contributed by atoms with Gasteiger partial charge in [-0.15, -0.1) is 11.3 Å². The number of amides is 1. The molecule has 1 heterocycles. The van der Waals surface area contributed by atoms with E-state index in [4.69, 9.17) is 10.9 Å². The number of oxime groups is 1. The molecule has 1 aromatic heterocycles. The largest absolute Gasteiger partial charge is 0.409 e. The van der Waals surface area contributed by atoms with Gasteiger partial charge in [0, 0.05) is 11.1 Å². The van der Waals surface area contributed by atoms with Crippen LogP contribution in [0.25, 0.3) is 0 Å². The molecule has 0 radical (unpaired) electrons. The second kappa shape index (κ2) is 6.89. The van der Waals surface area contributed by atoms with Crippen LogP contribution < -0.4 is 11.1 Å². The number of amidine groups is 1. The van der Waals surface area contributed by atoms with Gasteiger partial charge < -0.3 is 16.3 Å². The van der Waals surface area contributed by atoms with E-state index in [0.717, 1.165) is 30.7 Å². The lowest BCUT2D eigenvalue weighted by atomic mass is 9.72. The van der Waals surface area contributed by atoms with E-state index in [9.17, 15) is 4.79 Å². The van der Waals surface area contributed by atoms with Gasteiger partial charge in [-0.1, -0.05) is 31.3 Å². The molecule has 7 heteroatoms. The average molecular weight is 310 g/mol. The Morgan fingerprint density at radius 2 is 2.24 bits per heavy atom. The quantitative estimate of drug-likeness (QED) is 0.335. The summed E-state index contributed by atoms with van der Waals surface area (Å²) in [5.41, 5.74) is 4.94. The summed E-state index contributed by atoms with van der Waals surface area (Å²) in [6.07, 6.45) is 6.97. The number of thiazole rings is 1. The van der Waals surface area contributed by atoms with Crippen molar-refractivity contribution in [3.63, 3.8) is 0 Å². The van der Waals surface area contributed by atoms with Crippen molar-refractivity contribution in [1.82, 2.24) is 10.3 Å². The number of hydrogen-bond acceptors (Lipinski definition) is 5. The van der Waals surface area contributed by atoms with E-state index >= 15 is 0 Å². The van der Waals surface area contributed by atoms with Gasteiger partial charge in [-0.05, 0) is 19.3 Å². The molecule has 1 amide bonds. The van der Waals surface area contributed by atoms with Gasteiger partial charge >= 0.3 is 0 Å². The van der Waals surface area contributed by atoms with E-state index in [1.165, 1.54) is 4.88 Å². The van der Waals surface area contributed by atoms with Crippen LogP contribution in [0.3, 0.4) is 0 Å². The summed E-state index contributed by atoms with van der Waals surface area (Å²) in [6.45, 7) is 2.47. The first kappa shape index (κ1) is 15.8. The van der Waals surface area contributed by atoms with Crippen molar-refractivity contribution in [2.45, 2.75) is 52.0 Å². The van der Waals surface area contributed by atoms with Gasteiger partial charge in [0.25, 0.3) is 0 Å². The third-order valence-electron chi connectivity index (χ3n) is 4.09. The van der Waals surface area contributed by atoms with Gasteiger partial charge in [-0.2, -0.15) is 0 Å². The van der Waals surface area contributed by atoms with Crippen LogP contribution in [0.2, 0.25) is 0 Å². The Morgan fingerprint density at radius 1 is 1.52 bits per heavy atom. The van der Waals surface area contributed by atoms with Crippen LogP contribution >= 0.6 is 11.3 Å². The van der Waals surface area contributed by atoms with Crippen LogP contribution in [0.4, 0.5) is 0 Å². The smallest absolute Gasteiger partial charge is 0.234 e. The third kappa shape index (κ3) is 3.34. The Bertz CT molecular complexity index is 521. The zero-order valence-electron chi connectivity index (χ0n) is 12.3. The minimum atomic E-state index is -0.863. The summed E-state index contributed by atoms with van der Waals surface area (Å²) in [6, 6.07) is 0. The summed E-state index contributed by atoms with van der Waals surface area (Å²) >= 11 is 1.60. The molecule has 0 spiro atoms. The number of carbonyl (C=O) groups is 1. The molecule has 21 heavy (non-hydrogen) atoms. The van der Waals surface area contributed by atoms with Gasteiger partial charge in [0.1, 0.15) is 10.4 Å². The Kier molecular flexibility index (Phi) is 5.17. The van der Waals surface area contributed by atoms with Crippen molar-refractivity contribution < 1.29 is 10.0 Å². The monoisotopic (exact) mass is 310 g/mol. The van der Waals surface area contributed by atoms with Crippen molar-refractivity contribution in [2.24, 2.45) is 16.3 Å². The highest BCUT2D eigenvalue weighted by Crippen LogP contribution is 2.37. The van der Waals surface area contributed by atoms with Gasteiger partial charge in [0.2, 0.25) is 5.91 Å². The molecule has 0 bridgehead atoms. The fraction of sp³-hybridized carbons (Fsp3) is 0.643. The molecule has 1 aliphatic carbocycles. The summed E-state index contributed by atoms with van der Waals surface area (Å²) in [7, 11) is 0. The van der Waals surface area contributed by atoms with Gasteiger partial charge in [0.15, 0.2) is 5.84 Å². The number of rotatable bonds is 5. The molecule has 116 valence electrons. The first-order chi connectivity index (χ1) is 10.1. The van der Waals surface area contributed by atoms with Crippen LogP contribution in [0.1, 0.15) is 48.9 Å². The second-order valence-corrected chi connectivity index (χ2v) is 6.58. The lowest BCUT2D eigenvalue weighted by molar-refractivity contribution is -0.129. The summed E-state index contributed by atoms with van der Waals surface area (Å²) < 4.78 is 0. The number of nitrogens with zero attached hydrogens (tertiary/aromatic N) is 2. The number of aryl methyl sites for hydroxylation is 1. The molecule has 0 saturated heterocycles. The van der Waals surface area contributed by atoms with Crippen molar-refractivity contribution in [1.29, 1.82) is 0 Å². The minimum Gasteiger partial charge on any atom is -0.409 e. The van der Waals surface area contributed by atoms with E-state index in [2.05, 4.69) is 22.4 Å². The Hall–Kier alpha value is -1.63. The van der Waals surface area contributed by atoms with E-state index in [0.29, 0.717) is 19.4 Å². The van der Waals surface area contributed by atoms with Gasteiger partial charge in [-0.3, -0.25) is 4.79 Å². The van der Waals surface area contributed by atoms with E-state index in [-0.39, 0.29) is 11.7 Å². The molecule has 2 rings (SSSR count). The summed E-state index contributed by atoms with van der Waals surface area (Å²) in [5.74, 6) is -0.140. The molecule has 4 N–H and O–H groups in total. The maximum absolute atomic E-state index is 12.6. The van der Waals surface area contributed by atoms with Crippen molar-refractivity contribution in [3.05, 3.63) is 16.1 Å². The average Bonchev–Trinajstić information content (AvgIpc) is 3.00. The lowest BCUT2D eigenvalue weighted by Crippen LogP contribution is -2.50. The molecule has 0 aliphatic heterocycles. The number of carbonyl (C=O) groups excluding carboxylic acids is 1. The second-order valence-electron chi connectivity index (χ2n) is 5.38. The Labute approximate surface area is 128 Å². The molecular formula is C14H22N4O2S. The molecule has 1 aromatic rings. The maximum atomic E-state index is 12.6. The van der Waals surface area contributed by atoms with Crippen LogP contribution in [-0.4, -0.2) is 21.9 Å². The standard InChI is InChI=1S/C14H22N4O2S/c1-2-10-8-16-11(21-10)9-17-13(19)14(12(15)18-20)6-4-3-5-7-14/h8,20H,2-7,9H2,1H3,(H2,15,18)(H,17,19). The molecule has 0 aromatic carbocycles. The molecule has 0 unspecified atom stereocenters. The van der Waals surface area contributed by atoms with Crippen molar-refractivity contribution in [3.8, 4) is 0 Å². The number of nitrogens with one attached hydrogen (secondary N) is 1. The highest BCUT2D eigenvalue weighted by molar-refractivity contribution is 7.11. The van der Waals surface area contributed by atoms with Crippen LogP contribution in [0.15, 0.2) is 11.4 Å². The predicted molar refractivity (Wildman–Crippen MR) is 82.3 cm³/mol. The highest BCUT2D eigenvalue weighted by atomic mass is 32.1. The summed E-state index contributed by atoms with van der Waals surface area (Å²) in [4.78, 5) is 18.0. The predicted octanol–water partition coefficient (Wildman–Crippen LogP) is 2.02. The number of hydrogen-bond donors (Lipinski definition) is 3. The SMILES string of the molecule is CCc1cnc(CNC(=O)C2(C(N)=NO)CCCCC2)s1. The van der Waals surface area contributed by atoms with Crippen LogP contribution in [-0.2, 0) is 17.8 Å². The number of nitrogens with two attached hydrogens (primary N) is 1. The number of aromatic nitrogens is 1. The van der Waals surface area contributed by atoms with E-state index in [1.807, 2.05) is 6.20 Å². The Balaban J connectivity index is 2.05. The molecule has 1 aliphatic rings. The zero-order chi connectivity index (χ0) is 15.3. The van der Waals surface area contributed by atoms with Gasteiger partial charge in [0.05, 0.1) is 6.54 Å². The van der Waals surface area contributed by atoms with Gasteiger partial charge in [-0.25, -0.2) is 4.98 Å². The van der Waals surface area contributed by atoms with Crippen LogP contribution in [0.5, 0.6) is 0 Å². The molecule has 1 saturated carbocycles. The van der Waals surface area contributed by atoms with E-state index < -0.39 is 5.41 Å². The first-order valence-corrected chi connectivity index (χ1v) is 8.14. The summed E-state index contributed by atoms with van der Waals surface area (Å²) in [5, 5.41) is 15.9. The van der Waals surface area contributed by atoms with Crippen LogP contribution in [0, 0.1) is 5.41 Å². The topological polar surface area (TPSA) is 101 Å². The first-order valence-electron chi connectivity index (χ1n) is 7.32.